The van der Waals surface area contributed by atoms with E-state index in [9.17, 15) is 4.79 Å². The van der Waals surface area contributed by atoms with Crippen LogP contribution in [-0.4, -0.2) is 36.4 Å². The Bertz CT molecular complexity index is 376. The van der Waals surface area contributed by atoms with Crippen LogP contribution in [0, 0.1) is 5.92 Å². The van der Waals surface area contributed by atoms with Crippen LogP contribution in [0.4, 0.5) is 5.69 Å². The molecule has 1 aromatic heterocycles. The smallest absolute Gasteiger partial charge is 0.273 e. The van der Waals surface area contributed by atoms with E-state index in [1.54, 1.807) is 7.11 Å². The summed E-state index contributed by atoms with van der Waals surface area (Å²) in [4.78, 5) is 11.8. The molecule has 0 radical (unpaired) electrons. The van der Waals surface area contributed by atoms with Gasteiger partial charge in [-0.15, -0.1) is 0 Å². The average Bonchev–Trinajstić information content (AvgIpc) is 2.68. The standard InChI is InChI=1S/C11H20N4O2/c1-4-8-9(12)10(15-14-8)11(16)13-5-7(2)6-17-3/h7H,4-6,12H2,1-3H3,(H,13,16)(H,14,15). The normalized spacial score (nSPS) is 12.4. The van der Waals surface area contributed by atoms with Crippen LogP contribution in [0.2, 0.25) is 0 Å². The van der Waals surface area contributed by atoms with Crippen LogP contribution in [0.15, 0.2) is 0 Å². The van der Waals surface area contributed by atoms with Crippen molar-refractivity contribution in [3.8, 4) is 0 Å². The van der Waals surface area contributed by atoms with Gasteiger partial charge in [-0.2, -0.15) is 5.10 Å². The summed E-state index contributed by atoms with van der Waals surface area (Å²) in [5.74, 6) is 0.0103. The van der Waals surface area contributed by atoms with Gasteiger partial charge in [-0.1, -0.05) is 13.8 Å². The molecule has 0 bridgehead atoms. The van der Waals surface area contributed by atoms with Gasteiger partial charge in [0.25, 0.3) is 5.91 Å². The van der Waals surface area contributed by atoms with Crippen LogP contribution in [0.5, 0.6) is 0 Å². The third kappa shape index (κ3) is 3.45. The molecule has 0 aliphatic carbocycles. The zero-order valence-corrected chi connectivity index (χ0v) is 10.5. The monoisotopic (exact) mass is 240 g/mol. The molecule has 0 aliphatic rings. The highest BCUT2D eigenvalue weighted by Crippen LogP contribution is 2.13. The number of anilines is 1. The molecule has 1 unspecified atom stereocenters. The Morgan fingerprint density at radius 3 is 2.88 bits per heavy atom. The number of nitrogens with one attached hydrogen (secondary N) is 2. The van der Waals surface area contributed by atoms with Crippen molar-refractivity contribution in [3.63, 3.8) is 0 Å². The van der Waals surface area contributed by atoms with E-state index in [1.807, 2.05) is 13.8 Å². The molecule has 96 valence electrons. The number of aromatic amines is 1. The topological polar surface area (TPSA) is 93.0 Å². The molecule has 17 heavy (non-hydrogen) atoms. The summed E-state index contributed by atoms with van der Waals surface area (Å²) in [5, 5.41) is 9.45. The van der Waals surface area contributed by atoms with Gasteiger partial charge in [-0.3, -0.25) is 9.89 Å². The molecule has 1 aromatic rings. The van der Waals surface area contributed by atoms with E-state index < -0.39 is 0 Å². The number of aryl methyl sites for hydroxylation is 1. The SMILES string of the molecule is CCc1[nH]nc(C(=O)NCC(C)COC)c1N. The second kappa shape index (κ2) is 6.24. The molecule has 0 fully saturated rings. The quantitative estimate of drug-likeness (QED) is 0.677. The molecule has 0 aliphatic heterocycles. The van der Waals surface area contributed by atoms with Crippen molar-refractivity contribution < 1.29 is 9.53 Å². The molecule has 1 amide bonds. The van der Waals surface area contributed by atoms with Gasteiger partial charge in [0, 0.05) is 13.7 Å². The minimum Gasteiger partial charge on any atom is -0.395 e. The van der Waals surface area contributed by atoms with E-state index in [0.29, 0.717) is 18.8 Å². The van der Waals surface area contributed by atoms with Crippen LogP contribution in [0.3, 0.4) is 0 Å². The Balaban J connectivity index is 2.55. The van der Waals surface area contributed by atoms with E-state index in [1.165, 1.54) is 0 Å². The average molecular weight is 240 g/mol. The summed E-state index contributed by atoms with van der Waals surface area (Å²) in [6.45, 7) is 5.10. The highest BCUT2D eigenvalue weighted by atomic mass is 16.5. The van der Waals surface area contributed by atoms with Gasteiger partial charge in [-0.25, -0.2) is 0 Å². The number of rotatable bonds is 6. The van der Waals surface area contributed by atoms with Gasteiger partial charge < -0.3 is 15.8 Å². The first-order valence-electron chi connectivity index (χ1n) is 5.69. The molecule has 1 rings (SSSR count). The molecule has 0 saturated carbocycles. The predicted octanol–water partition coefficient (Wildman–Crippen LogP) is 0.567. The maximum Gasteiger partial charge on any atom is 0.273 e. The molecule has 1 heterocycles. The van der Waals surface area contributed by atoms with E-state index >= 15 is 0 Å². The van der Waals surface area contributed by atoms with Crippen molar-refractivity contribution in [1.29, 1.82) is 0 Å². The summed E-state index contributed by atoms with van der Waals surface area (Å²) in [6.07, 6.45) is 0.728. The predicted molar refractivity (Wildman–Crippen MR) is 65.8 cm³/mol. The summed E-state index contributed by atoms with van der Waals surface area (Å²) in [5.41, 5.74) is 7.30. The number of carbonyl (C=O) groups excluding carboxylic acids is 1. The molecule has 6 nitrogen and oxygen atoms in total. The van der Waals surface area contributed by atoms with Crippen LogP contribution in [0.25, 0.3) is 0 Å². The zero-order chi connectivity index (χ0) is 12.8. The Morgan fingerprint density at radius 1 is 1.65 bits per heavy atom. The minimum absolute atomic E-state index is 0.249. The minimum atomic E-state index is -0.249. The lowest BCUT2D eigenvalue weighted by molar-refractivity contribution is 0.0930. The second-order valence-corrected chi connectivity index (χ2v) is 4.09. The number of aromatic nitrogens is 2. The number of hydrogen-bond acceptors (Lipinski definition) is 4. The number of nitrogen functional groups attached to an aromatic ring is 1. The van der Waals surface area contributed by atoms with Gasteiger partial charge in [-0.05, 0) is 12.3 Å². The Labute approximate surface area is 101 Å². The Kier molecular flexibility index (Phi) is 4.96. The van der Waals surface area contributed by atoms with Crippen molar-refractivity contribution in [2.24, 2.45) is 5.92 Å². The number of H-pyrrole nitrogens is 1. The molecule has 0 spiro atoms. The van der Waals surface area contributed by atoms with E-state index in [2.05, 4.69) is 15.5 Å². The Hall–Kier alpha value is -1.56. The third-order valence-electron chi connectivity index (χ3n) is 2.51. The first kappa shape index (κ1) is 13.5. The third-order valence-corrected chi connectivity index (χ3v) is 2.51. The molecule has 6 heteroatoms. The number of nitrogens with zero attached hydrogens (tertiary/aromatic N) is 1. The maximum atomic E-state index is 11.8. The summed E-state index contributed by atoms with van der Waals surface area (Å²) >= 11 is 0. The highest BCUT2D eigenvalue weighted by Gasteiger charge is 2.16. The molecular weight excluding hydrogens is 220 g/mol. The second-order valence-electron chi connectivity index (χ2n) is 4.09. The van der Waals surface area contributed by atoms with Crippen molar-refractivity contribution in [3.05, 3.63) is 11.4 Å². The van der Waals surface area contributed by atoms with Gasteiger partial charge in [0.05, 0.1) is 18.0 Å². The zero-order valence-electron chi connectivity index (χ0n) is 10.5. The first-order chi connectivity index (χ1) is 8.10. The van der Waals surface area contributed by atoms with Crippen molar-refractivity contribution in [1.82, 2.24) is 15.5 Å². The van der Waals surface area contributed by atoms with E-state index in [4.69, 9.17) is 10.5 Å². The first-order valence-corrected chi connectivity index (χ1v) is 5.69. The van der Waals surface area contributed by atoms with Gasteiger partial charge in [0.2, 0.25) is 0 Å². The Morgan fingerprint density at radius 2 is 2.35 bits per heavy atom. The number of amides is 1. The fraction of sp³-hybridized carbons (Fsp3) is 0.636. The highest BCUT2D eigenvalue weighted by molar-refractivity contribution is 5.97. The lowest BCUT2D eigenvalue weighted by Gasteiger charge is -2.10. The van der Waals surface area contributed by atoms with Crippen LogP contribution >= 0.6 is 0 Å². The molecular formula is C11H20N4O2. The fourth-order valence-corrected chi connectivity index (χ4v) is 1.52. The van der Waals surface area contributed by atoms with Gasteiger partial charge in [0.15, 0.2) is 5.69 Å². The fourth-order valence-electron chi connectivity index (χ4n) is 1.52. The van der Waals surface area contributed by atoms with Crippen molar-refractivity contribution in [2.75, 3.05) is 26.0 Å². The summed E-state index contributed by atoms with van der Waals surface area (Å²) in [6, 6.07) is 0. The van der Waals surface area contributed by atoms with Crippen LogP contribution < -0.4 is 11.1 Å². The lowest BCUT2D eigenvalue weighted by atomic mass is 10.2. The van der Waals surface area contributed by atoms with Crippen molar-refractivity contribution in [2.45, 2.75) is 20.3 Å². The summed E-state index contributed by atoms with van der Waals surface area (Å²) in [7, 11) is 1.64. The number of methoxy groups -OCH3 is 1. The molecule has 1 atom stereocenters. The number of nitrogens with two attached hydrogens (primary N) is 1. The van der Waals surface area contributed by atoms with Crippen LogP contribution in [0.1, 0.15) is 30.0 Å². The van der Waals surface area contributed by atoms with Gasteiger partial charge >= 0.3 is 0 Å². The van der Waals surface area contributed by atoms with Gasteiger partial charge in [0.1, 0.15) is 0 Å². The van der Waals surface area contributed by atoms with E-state index in [0.717, 1.165) is 12.1 Å². The number of hydrogen-bond donors (Lipinski definition) is 3. The number of carbonyl (C=O) groups is 1. The lowest BCUT2D eigenvalue weighted by Crippen LogP contribution is -2.30. The van der Waals surface area contributed by atoms with E-state index in [-0.39, 0.29) is 17.5 Å². The maximum absolute atomic E-state index is 11.8. The molecule has 4 N–H and O–H groups in total. The van der Waals surface area contributed by atoms with Crippen molar-refractivity contribution >= 4 is 11.6 Å². The van der Waals surface area contributed by atoms with Crippen LogP contribution in [-0.2, 0) is 11.2 Å². The largest absolute Gasteiger partial charge is 0.395 e. The summed E-state index contributed by atoms with van der Waals surface area (Å²) < 4.78 is 4.99. The molecule has 0 saturated heterocycles. The number of ether oxygens (including phenoxy) is 1. The molecule has 0 aromatic carbocycles.